The van der Waals surface area contributed by atoms with E-state index < -0.39 is 0 Å². The van der Waals surface area contributed by atoms with Crippen LogP contribution in [0.1, 0.15) is 12.8 Å². The van der Waals surface area contributed by atoms with Gasteiger partial charge in [-0.05, 0) is 12.8 Å². The second-order valence-electron chi connectivity index (χ2n) is 6.53. The molecule has 2 aliphatic heterocycles. The van der Waals surface area contributed by atoms with Crippen molar-refractivity contribution in [1.29, 1.82) is 0 Å². The smallest absolute Gasteiger partial charge is 0.229 e. The van der Waals surface area contributed by atoms with Gasteiger partial charge in [-0.1, -0.05) is 0 Å². The van der Waals surface area contributed by atoms with Gasteiger partial charge in [-0.3, -0.25) is 4.90 Å². The zero-order valence-corrected chi connectivity index (χ0v) is 14.3. The van der Waals surface area contributed by atoms with Crippen LogP contribution < -0.4 is 10.2 Å². The number of rotatable bonds is 6. The Morgan fingerprint density at radius 3 is 3.00 bits per heavy atom. The van der Waals surface area contributed by atoms with E-state index in [-0.39, 0.29) is 12.6 Å². The van der Waals surface area contributed by atoms with Gasteiger partial charge in [0, 0.05) is 32.7 Å². The van der Waals surface area contributed by atoms with Crippen molar-refractivity contribution in [3.05, 3.63) is 6.33 Å². The topological polar surface area (TPSA) is 102 Å². The predicted octanol–water partition coefficient (Wildman–Crippen LogP) is 0.0581. The quantitative estimate of drug-likeness (QED) is 0.674. The van der Waals surface area contributed by atoms with E-state index in [0.717, 1.165) is 70.1 Å². The van der Waals surface area contributed by atoms with Gasteiger partial charge < -0.3 is 25.0 Å². The molecular weight excluding hydrogens is 322 g/mol. The highest BCUT2D eigenvalue weighted by atomic mass is 16.5. The highest BCUT2D eigenvalue weighted by Crippen LogP contribution is 2.26. The first-order chi connectivity index (χ1) is 12.3. The van der Waals surface area contributed by atoms with E-state index in [1.54, 1.807) is 6.33 Å². The average molecular weight is 347 g/mol. The summed E-state index contributed by atoms with van der Waals surface area (Å²) in [6.07, 6.45) is 3.66. The second-order valence-corrected chi connectivity index (χ2v) is 6.53. The Kier molecular flexibility index (Phi) is 4.95. The molecule has 136 valence electrons. The van der Waals surface area contributed by atoms with Gasteiger partial charge in [-0.25, -0.2) is 4.98 Å². The number of morpholine rings is 1. The molecule has 9 heteroatoms. The van der Waals surface area contributed by atoms with Crippen molar-refractivity contribution in [2.24, 2.45) is 0 Å². The molecule has 9 nitrogen and oxygen atoms in total. The van der Waals surface area contributed by atoms with E-state index in [0.29, 0.717) is 11.6 Å². The fourth-order valence-electron chi connectivity index (χ4n) is 3.52. The van der Waals surface area contributed by atoms with Gasteiger partial charge in [-0.2, -0.15) is 9.97 Å². The maximum absolute atomic E-state index is 9.58. The Morgan fingerprint density at radius 2 is 2.16 bits per heavy atom. The highest BCUT2D eigenvalue weighted by Gasteiger charge is 2.27. The molecule has 1 unspecified atom stereocenters. The summed E-state index contributed by atoms with van der Waals surface area (Å²) in [6, 6.07) is 0.0950. The summed E-state index contributed by atoms with van der Waals surface area (Å²) in [5, 5.41) is 13.0. The lowest BCUT2D eigenvalue weighted by Gasteiger charge is -2.26. The number of anilines is 2. The van der Waals surface area contributed by atoms with Crippen LogP contribution in [0.4, 0.5) is 11.8 Å². The SMILES string of the molecule is OCC1CCCN1c1nc(NCCN2CCOCC2)c2[nH]cnc2n1. The molecule has 2 aromatic heterocycles. The van der Waals surface area contributed by atoms with Gasteiger partial charge >= 0.3 is 0 Å². The lowest BCUT2D eigenvalue weighted by atomic mass is 10.2. The molecule has 2 aliphatic rings. The number of ether oxygens (including phenoxy) is 1. The van der Waals surface area contributed by atoms with Crippen molar-refractivity contribution < 1.29 is 9.84 Å². The maximum Gasteiger partial charge on any atom is 0.229 e. The summed E-state index contributed by atoms with van der Waals surface area (Å²) in [4.78, 5) is 21.2. The Hall–Kier alpha value is -1.97. The standard InChI is InChI=1S/C16H25N7O2/c24-10-12-2-1-4-23(12)16-20-14(13-15(21-16)19-11-18-13)17-3-5-22-6-8-25-9-7-22/h11-12,24H,1-10H2,(H2,17,18,19,20,21). The van der Waals surface area contributed by atoms with E-state index in [4.69, 9.17) is 9.72 Å². The molecule has 3 N–H and O–H groups in total. The minimum absolute atomic E-state index is 0.0950. The van der Waals surface area contributed by atoms with E-state index in [1.165, 1.54) is 0 Å². The third kappa shape index (κ3) is 3.53. The number of hydrogen-bond donors (Lipinski definition) is 3. The Morgan fingerprint density at radius 1 is 1.28 bits per heavy atom. The van der Waals surface area contributed by atoms with E-state index in [9.17, 15) is 5.11 Å². The number of aromatic amines is 1. The predicted molar refractivity (Wildman–Crippen MR) is 94.9 cm³/mol. The molecule has 2 aromatic rings. The fraction of sp³-hybridized carbons (Fsp3) is 0.688. The monoisotopic (exact) mass is 347 g/mol. The molecule has 0 spiro atoms. The van der Waals surface area contributed by atoms with Crippen molar-refractivity contribution in [2.45, 2.75) is 18.9 Å². The van der Waals surface area contributed by atoms with Crippen LogP contribution >= 0.6 is 0 Å². The van der Waals surface area contributed by atoms with Gasteiger partial charge in [0.1, 0.15) is 5.52 Å². The highest BCUT2D eigenvalue weighted by molar-refractivity contribution is 5.83. The molecular formula is C16H25N7O2. The minimum atomic E-state index is 0.0950. The summed E-state index contributed by atoms with van der Waals surface area (Å²) in [5.74, 6) is 1.42. The zero-order valence-electron chi connectivity index (χ0n) is 14.3. The number of aromatic nitrogens is 4. The number of imidazole rings is 1. The summed E-state index contributed by atoms with van der Waals surface area (Å²) in [7, 11) is 0. The molecule has 4 heterocycles. The Balaban J connectivity index is 1.50. The van der Waals surface area contributed by atoms with Crippen molar-refractivity contribution >= 4 is 22.9 Å². The second kappa shape index (κ2) is 7.51. The van der Waals surface area contributed by atoms with Crippen molar-refractivity contribution in [1.82, 2.24) is 24.8 Å². The number of nitrogens with one attached hydrogen (secondary N) is 2. The number of H-pyrrole nitrogens is 1. The van der Waals surface area contributed by atoms with Gasteiger partial charge in [0.05, 0.1) is 32.2 Å². The van der Waals surface area contributed by atoms with Crippen LogP contribution in [-0.4, -0.2) is 88.5 Å². The Bertz CT molecular complexity index is 701. The molecule has 0 amide bonds. The van der Waals surface area contributed by atoms with Gasteiger partial charge in [0.15, 0.2) is 11.5 Å². The van der Waals surface area contributed by atoms with Gasteiger partial charge in [0.2, 0.25) is 5.95 Å². The summed E-state index contributed by atoms with van der Waals surface area (Å²) in [6.45, 7) is 6.30. The largest absolute Gasteiger partial charge is 0.394 e. The van der Waals surface area contributed by atoms with Gasteiger partial charge in [-0.15, -0.1) is 0 Å². The third-order valence-corrected chi connectivity index (χ3v) is 4.94. The summed E-state index contributed by atoms with van der Waals surface area (Å²) >= 11 is 0. The Labute approximate surface area is 146 Å². The number of hydrogen-bond acceptors (Lipinski definition) is 8. The molecule has 0 aromatic carbocycles. The van der Waals surface area contributed by atoms with E-state index >= 15 is 0 Å². The van der Waals surface area contributed by atoms with E-state index in [1.807, 2.05) is 0 Å². The van der Waals surface area contributed by atoms with Crippen LogP contribution in [0.15, 0.2) is 6.33 Å². The molecule has 1 atom stereocenters. The number of fused-ring (bicyclic) bond motifs is 1. The van der Waals surface area contributed by atoms with Crippen molar-refractivity contribution in [3.8, 4) is 0 Å². The lowest BCUT2D eigenvalue weighted by molar-refractivity contribution is 0.0398. The molecule has 0 aliphatic carbocycles. The lowest BCUT2D eigenvalue weighted by Crippen LogP contribution is -2.39. The third-order valence-electron chi connectivity index (χ3n) is 4.94. The molecule has 2 saturated heterocycles. The van der Waals surface area contributed by atoms with Crippen LogP contribution in [0.25, 0.3) is 11.2 Å². The van der Waals surface area contributed by atoms with Crippen LogP contribution in [0.3, 0.4) is 0 Å². The number of aliphatic hydroxyl groups is 1. The van der Waals surface area contributed by atoms with E-state index in [2.05, 4.69) is 30.1 Å². The summed E-state index contributed by atoms with van der Waals surface area (Å²) in [5.41, 5.74) is 1.48. The first-order valence-corrected chi connectivity index (χ1v) is 8.98. The minimum Gasteiger partial charge on any atom is -0.394 e. The van der Waals surface area contributed by atoms with Crippen molar-refractivity contribution in [2.75, 3.05) is 62.8 Å². The fourth-order valence-corrected chi connectivity index (χ4v) is 3.52. The van der Waals surface area contributed by atoms with Crippen LogP contribution in [0.2, 0.25) is 0 Å². The van der Waals surface area contributed by atoms with Crippen LogP contribution in [0.5, 0.6) is 0 Å². The number of nitrogens with zero attached hydrogens (tertiary/aromatic N) is 5. The molecule has 0 radical (unpaired) electrons. The summed E-state index contributed by atoms with van der Waals surface area (Å²) < 4.78 is 5.38. The van der Waals surface area contributed by atoms with Crippen molar-refractivity contribution in [3.63, 3.8) is 0 Å². The van der Waals surface area contributed by atoms with Crippen LogP contribution in [-0.2, 0) is 4.74 Å². The maximum atomic E-state index is 9.58. The number of aliphatic hydroxyl groups excluding tert-OH is 1. The molecule has 0 saturated carbocycles. The molecule has 25 heavy (non-hydrogen) atoms. The first-order valence-electron chi connectivity index (χ1n) is 8.98. The molecule has 2 fully saturated rings. The zero-order chi connectivity index (χ0) is 17.1. The first kappa shape index (κ1) is 16.5. The molecule has 4 rings (SSSR count). The molecule has 0 bridgehead atoms. The van der Waals surface area contributed by atoms with Crippen LogP contribution in [0, 0.1) is 0 Å². The van der Waals surface area contributed by atoms with Gasteiger partial charge in [0.25, 0.3) is 0 Å². The normalized spacial score (nSPS) is 22.0. The average Bonchev–Trinajstić information content (AvgIpc) is 3.31.